The summed E-state index contributed by atoms with van der Waals surface area (Å²) in [6.07, 6.45) is 0.789. The number of rotatable bonds is 3. The van der Waals surface area contributed by atoms with Gasteiger partial charge in [-0.15, -0.1) is 0 Å². The Morgan fingerprint density at radius 3 is 2.78 bits per heavy atom. The van der Waals surface area contributed by atoms with Gasteiger partial charge in [-0.2, -0.15) is 0 Å². The van der Waals surface area contributed by atoms with Gasteiger partial charge >= 0.3 is 11.7 Å². The summed E-state index contributed by atoms with van der Waals surface area (Å²) >= 11 is 0. The van der Waals surface area contributed by atoms with Crippen LogP contribution in [0.15, 0.2) is 46.1 Å². The van der Waals surface area contributed by atoms with Gasteiger partial charge in [-0.25, -0.2) is 14.0 Å². The maximum absolute atomic E-state index is 13.4. The predicted molar refractivity (Wildman–Crippen MR) is 79.1 cm³/mol. The Labute approximate surface area is 127 Å². The lowest BCUT2D eigenvalue weighted by Gasteiger charge is -2.09. The van der Waals surface area contributed by atoms with Crippen LogP contribution in [0.3, 0.4) is 0 Å². The number of pyridine rings is 1. The quantitative estimate of drug-likeness (QED) is 0.749. The Balaban J connectivity index is 2.16. The second-order valence-electron chi connectivity index (χ2n) is 4.82. The van der Waals surface area contributed by atoms with Gasteiger partial charge in [0.05, 0.1) is 34.9 Å². The topological polar surface area (TPSA) is 105 Å². The molecular formula is C15H10FN3O4. The molecule has 3 aromatic rings. The van der Waals surface area contributed by atoms with E-state index in [1.807, 2.05) is 0 Å². The van der Waals surface area contributed by atoms with E-state index in [0.29, 0.717) is 10.9 Å². The molecule has 0 spiro atoms. The van der Waals surface area contributed by atoms with Gasteiger partial charge in [0.15, 0.2) is 5.82 Å². The molecule has 116 valence electrons. The lowest BCUT2D eigenvalue weighted by molar-refractivity contribution is 0.0691. The molecule has 23 heavy (non-hydrogen) atoms. The van der Waals surface area contributed by atoms with Crippen LogP contribution in [-0.4, -0.2) is 25.6 Å². The van der Waals surface area contributed by atoms with E-state index in [1.54, 1.807) is 24.3 Å². The summed E-state index contributed by atoms with van der Waals surface area (Å²) in [5.74, 6) is -2.38. The molecule has 0 atom stereocenters. The van der Waals surface area contributed by atoms with Crippen LogP contribution in [0, 0.1) is 5.82 Å². The Hall–Kier alpha value is -3.29. The highest BCUT2D eigenvalue weighted by Crippen LogP contribution is 2.11. The van der Waals surface area contributed by atoms with Gasteiger partial charge in [0.25, 0.3) is 5.56 Å². The standard InChI is InChI=1S/C15H10FN3O4/c16-11-6-17-8(5-10(11)14(21)22)7-19-12-4-2-1-3-9(12)13(20)18-15(19)23/h1-6H,7H2,(H,21,22)(H,18,20,23). The van der Waals surface area contributed by atoms with Crippen molar-refractivity contribution in [2.45, 2.75) is 6.54 Å². The van der Waals surface area contributed by atoms with E-state index in [-0.39, 0.29) is 12.2 Å². The third kappa shape index (κ3) is 2.61. The first kappa shape index (κ1) is 14.6. The van der Waals surface area contributed by atoms with Gasteiger partial charge < -0.3 is 5.11 Å². The Morgan fingerprint density at radius 1 is 1.30 bits per heavy atom. The van der Waals surface area contributed by atoms with Crippen LogP contribution >= 0.6 is 0 Å². The van der Waals surface area contributed by atoms with Crippen molar-refractivity contribution in [3.8, 4) is 0 Å². The molecule has 0 aliphatic carbocycles. The van der Waals surface area contributed by atoms with E-state index in [1.165, 1.54) is 4.57 Å². The number of carboxylic acid groups (broad SMARTS) is 1. The summed E-state index contributed by atoms with van der Waals surface area (Å²) < 4.78 is 14.6. The second kappa shape index (κ2) is 5.48. The number of aromatic nitrogens is 3. The number of carboxylic acids is 1. The van der Waals surface area contributed by atoms with Crippen molar-refractivity contribution in [3.05, 3.63) is 74.4 Å². The molecule has 0 radical (unpaired) electrons. The number of aromatic amines is 1. The van der Waals surface area contributed by atoms with Gasteiger partial charge in [0.1, 0.15) is 0 Å². The molecule has 0 saturated carbocycles. The van der Waals surface area contributed by atoms with Crippen molar-refractivity contribution in [3.63, 3.8) is 0 Å². The molecule has 2 aromatic heterocycles. The Bertz CT molecular complexity index is 1040. The fraction of sp³-hybridized carbons (Fsp3) is 0.0667. The number of nitrogens with zero attached hydrogens (tertiary/aromatic N) is 2. The number of para-hydroxylation sites is 1. The molecular weight excluding hydrogens is 305 g/mol. The lowest BCUT2D eigenvalue weighted by Crippen LogP contribution is -2.30. The van der Waals surface area contributed by atoms with Crippen LogP contribution < -0.4 is 11.2 Å². The zero-order valence-electron chi connectivity index (χ0n) is 11.6. The predicted octanol–water partition coefficient (Wildman–Crippen LogP) is 0.970. The van der Waals surface area contributed by atoms with Crippen LogP contribution in [0.25, 0.3) is 10.9 Å². The third-order valence-corrected chi connectivity index (χ3v) is 3.37. The average molecular weight is 315 g/mol. The minimum absolute atomic E-state index is 0.101. The fourth-order valence-electron chi connectivity index (χ4n) is 2.29. The zero-order valence-corrected chi connectivity index (χ0v) is 11.6. The Morgan fingerprint density at radius 2 is 2.04 bits per heavy atom. The third-order valence-electron chi connectivity index (χ3n) is 3.37. The van der Waals surface area contributed by atoms with Gasteiger partial charge in [-0.05, 0) is 18.2 Å². The van der Waals surface area contributed by atoms with Gasteiger partial charge in [0.2, 0.25) is 0 Å². The molecule has 1 aromatic carbocycles. The molecule has 2 heterocycles. The van der Waals surface area contributed by atoms with E-state index in [0.717, 1.165) is 12.3 Å². The summed E-state index contributed by atoms with van der Waals surface area (Å²) in [4.78, 5) is 40.8. The molecule has 3 rings (SSSR count). The van der Waals surface area contributed by atoms with Crippen LogP contribution in [0.2, 0.25) is 0 Å². The zero-order chi connectivity index (χ0) is 16.6. The number of nitrogens with one attached hydrogen (secondary N) is 1. The molecule has 0 amide bonds. The van der Waals surface area contributed by atoms with Crippen LogP contribution in [0.1, 0.15) is 16.1 Å². The van der Waals surface area contributed by atoms with Crippen molar-refractivity contribution < 1.29 is 14.3 Å². The minimum atomic E-state index is -1.43. The van der Waals surface area contributed by atoms with E-state index in [4.69, 9.17) is 5.11 Å². The largest absolute Gasteiger partial charge is 0.478 e. The molecule has 0 fully saturated rings. The number of hydrogen-bond donors (Lipinski definition) is 2. The summed E-state index contributed by atoms with van der Waals surface area (Å²) in [7, 11) is 0. The minimum Gasteiger partial charge on any atom is -0.478 e. The van der Waals surface area contributed by atoms with Crippen molar-refractivity contribution in [2.75, 3.05) is 0 Å². The highest BCUT2D eigenvalue weighted by atomic mass is 19.1. The van der Waals surface area contributed by atoms with Gasteiger partial charge in [-0.3, -0.25) is 19.3 Å². The second-order valence-corrected chi connectivity index (χ2v) is 4.82. The summed E-state index contributed by atoms with van der Waals surface area (Å²) in [6, 6.07) is 7.53. The smallest absolute Gasteiger partial charge is 0.338 e. The summed E-state index contributed by atoms with van der Waals surface area (Å²) in [5, 5.41) is 9.25. The number of aromatic carboxylic acids is 1. The molecule has 0 aliphatic rings. The highest BCUT2D eigenvalue weighted by Gasteiger charge is 2.13. The number of benzene rings is 1. The number of carbonyl (C=O) groups is 1. The first-order chi connectivity index (χ1) is 11.0. The molecule has 0 unspecified atom stereocenters. The number of hydrogen-bond acceptors (Lipinski definition) is 4. The fourth-order valence-corrected chi connectivity index (χ4v) is 2.29. The van der Waals surface area contributed by atoms with Crippen molar-refractivity contribution in [1.82, 2.24) is 14.5 Å². The SMILES string of the molecule is O=C(O)c1cc(Cn2c(=O)[nH]c(=O)c3ccccc32)ncc1F. The van der Waals surface area contributed by atoms with E-state index < -0.39 is 28.6 Å². The molecule has 8 heteroatoms. The molecule has 0 saturated heterocycles. The van der Waals surface area contributed by atoms with Crippen LogP contribution in [0.4, 0.5) is 4.39 Å². The first-order valence-corrected chi connectivity index (χ1v) is 6.57. The van der Waals surface area contributed by atoms with Crippen molar-refractivity contribution >= 4 is 16.9 Å². The molecule has 7 nitrogen and oxygen atoms in total. The van der Waals surface area contributed by atoms with Gasteiger partial charge in [0, 0.05) is 0 Å². The number of halogens is 1. The highest BCUT2D eigenvalue weighted by molar-refractivity contribution is 5.87. The number of fused-ring (bicyclic) bond motifs is 1. The normalized spacial score (nSPS) is 10.8. The van der Waals surface area contributed by atoms with Crippen LogP contribution in [0.5, 0.6) is 0 Å². The molecule has 0 bridgehead atoms. The summed E-state index contributed by atoms with van der Waals surface area (Å²) in [5.41, 5.74) is -1.14. The average Bonchev–Trinajstić information content (AvgIpc) is 2.52. The lowest BCUT2D eigenvalue weighted by atomic mass is 10.2. The maximum Gasteiger partial charge on any atom is 0.338 e. The van der Waals surface area contributed by atoms with Crippen LogP contribution in [-0.2, 0) is 6.54 Å². The van der Waals surface area contributed by atoms with Gasteiger partial charge in [-0.1, -0.05) is 12.1 Å². The summed E-state index contributed by atoms with van der Waals surface area (Å²) in [6.45, 7) is -0.101. The maximum atomic E-state index is 13.4. The van der Waals surface area contributed by atoms with Crippen molar-refractivity contribution in [1.29, 1.82) is 0 Å². The first-order valence-electron chi connectivity index (χ1n) is 6.57. The van der Waals surface area contributed by atoms with E-state index in [2.05, 4.69) is 9.97 Å². The van der Waals surface area contributed by atoms with Crippen molar-refractivity contribution in [2.24, 2.45) is 0 Å². The number of H-pyrrole nitrogens is 1. The Kier molecular flexibility index (Phi) is 3.49. The van der Waals surface area contributed by atoms with E-state index in [9.17, 15) is 18.8 Å². The molecule has 0 aliphatic heterocycles. The molecule has 2 N–H and O–H groups in total. The van der Waals surface area contributed by atoms with E-state index >= 15 is 0 Å². The monoisotopic (exact) mass is 315 g/mol.